The van der Waals surface area contributed by atoms with E-state index in [-0.39, 0.29) is 43.6 Å². The Bertz CT molecular complexity index is 1120. The number of esters is 2. The lowest BCUT2D eigenvalue weighted by molar-refractivity contribution is -0.882. The second kappa shape index (κ2) is 40.1. The van der Waals surface area contributed by atoms with Crippen molar-refractivity contribution in [1.29, 1.82) is 0 Å². The highest BCUT2D eigenvalue weighted by molar-refractivity contribution is 7.46. The number of unbranched alkanes of at least 4 members (excludes halogenated alkanes) is 24. The standard InChI is InChI=1S/C47H89N2O9P/c1-5-7-9-11-13-15-17-19-21-23-25-27-29-31-33-35-40-56-46(51)38-37-44(48-45(50)43-49(3,4)39-42-58-59(53,54)55)47(52)57-41-36-34-32-30-28-26-24-22-20-18-16-14-12-10-8-6-2/h19-22,44H,5-18,23-43H2,1-4H3,(H2-,48,50,53,54,55)/p+1/b21-19+,22-20+. The molecule has 0 bridgehead atoms. The van der Waals surface area contributed by atoms with Crippen LogP contribution < -0.4 is 5.32 Å². The molecule has 0 aliphatic heterocycles. The van der Waals surface area contributed by atoms with Crippen LogP contribution in [0.5, 0.6) is 0 Å². The molecule has 0 saturated heterocycles. The number of rotatable bonds is 43. The maximum atomic E-state index is 13.1. The van der Waals surface area contributed by atoms with E-state index in [1.807, 2.05) is 0 Å². The number of hydrogen-bond donors (Lipinski definition) is 3. The normalized spacial score (nSPS) is 12.7. The highest BCUT2D eigenvalue weighted by Crippen LogP contribution is 2.35. The molecule has 1 atom stereocenters. The fourth-order valence-corrected chi connectivity index (χ4v) is 7.18. The van der Waals surface area contributed by atoms with Crippen LogP contribution in [0.3, 0.4) is 0 Å². The van der Waals surface area contributed by atoms with E-state index < -0.39 is 31.7 Å². The van der Waals surface area contributed by atoms with Gasteiger partial charge in [-0.05, 0) is 70.6 Å². The largest absolute Gasteiger partial charge is 0.469 e. The number of carbonyl (C=O) groups is 3. The van der Waals surface area contributed by atoms with Crippen molar-refractivity contribution < 1.29 is 47.2 Å². The van der Waals surface area contributed by atoms with Gasteiger partial charge in [-0.1, -0.05) is 154 Å². The van der Waals surface area contributed by atoms with Gasteiger partial charge in [-0.3, -0.25) is 14.1 Å². The fourth-order valence-electron chi connectivity index (χ4n) is 6.86. The van der Waals surface area contributed by atoms with Crippen molar-refractivity contribution in [2.75, 3.05) is 47.0 Å². The van der Waals surface area contributed by atoms with Crippen molar-refractivity contribution in [3.8, 4) is 0 Å². The molecule has 0 aliphatic rings. The lowest BCUT2D eigenvalue weighted by Gasteiger charge is -2.29. The number of carbonyl (C=O) groups excluding carboxylic acids is 3. The van der Waals surface area contributed by atoms with E-state index >= 15 is 0 Å². The number of nitrogens with zero attached hydrogens (tertiary/aromatic N) is 1. The molecular weight excluding hydrogens is 767 g/mol. The third kappa shape index (κ3) is 42.4. The lowest BCUT2D eigenvalue weighted by atomic mass is 10.1. The van der Waals surface area contributed by atoms with Crippen LogP contribution in [0.25, 0.3) is 0 Å². The average molecular weight is 858 g/mol. The summed E-state index contributed by atoms with van der Waals surface area (Å²) < 4.78 is 26.7. The van der Waals surface area contributed by atoms with Gasteiger partial charge in [0.05, 0.1) is 27.3 Å². The summed E-state index contributed by atoms with van der Waals surface area (Å²) in [6.07, 6.45) is 42.8. The van der Waals surface area contributed by atoms with E-state index in [4.69, 9.17) is 19.3 Å². The molecule has 12 heteroatoms. The van der Waals surface area contributed by atoms with Gasteiger partial charge in [0.25, 0.3) is 5.91 Å². The highest BCUT2D eigenvalue weighted by atomic mass is 31.2. The number of quaternary nitrogens is 1. The van der Waals surface area contributed by atoms with Crippen LogP contribution in [-0.2, 0) is 32.9 Å². The fraction of sp³-hybridized carbons (Fsp3) is 0.851. The zero-order chi connectivity index (χ0) is 43.7. The van der Waals surface area contributed by atoms with Crippen LogP contribution >= 0.6 is 7.82 Å². The molecule has 0 spiro atoms. The SMILES string of the molecule is CCCCCCCC/C=C/CCCCCCCCOC(=O)CCC(NC(=O)C[N+](C)(C)CCOP(=O)(O)O)C(=O)OCCCCCCCC/C=C/CCCCCCCC. The first-order chi connectivity index (χ1) is 28.4. The molecule has 3 N–H and O–H groups in total. The van der Waals surface area contributed by atoms with Gasteiger partial charge in [0, 0.05) is 6.42 Å². The first-order valence-electron chi connectivity index (χ1n) is 23.8. The van der Waals surface area contributed by atoms with Crippen molar-refractivity contribution in [2.24, 2.45) is 0 Å². The zero-order valence-electron chi connectivity index (χ0n) is 38.3. The molecule has 11 nitrogen and oxygen atoms in total. The van der Waals surface area contributed by atoms with E-state index in [1.165, 1.54) is 122 Å². The summed E-state index contributed by atoms with van der Waals surface area (Å²) in [5, 5.41) is 2.73. The number of amides is 1. The van der Waals surface area contributed by atoms with Gasteiger partial charge in [0.1, 0.15) is 19.2 Å². The van der Waals surface area contributed by atoms with Crippen LogP contribution in [-0.4, -0.2) is 85.2 Å². The number of nitrogens with one attached hydrogen (secondary N) is 1. The van der Waals surface area contributed by atoms with Gasteiger partial charge >= 0.3 is 19.8 Å². The van der Waals surface area contributed by atoms with Gasteiger partial charge in [0.15, 0.2) is 6.54 Å². The molecule has 0 aromatic heterocycles. The Balaban J connectivity index is 4.46. The number of phosphoric ester groups is 1. The lowest BCUT2D eigenvalue weighted by Crippen LogP contribution is -2.52. The number of ether oxygens (including phenoxy) is 2. The molecule has 1 unspecified atom stereocenters. The van der Waals surface area contributed by atoms with Crippen LogP contribution in [0.1, 0.15) is 206 Å². The van der Waals surface area contributed by atoms with E-state index in [0.717, 1.165) is 57.8 Å². The summed E-state index contributed by atoms with van der Waals surface area (Å²) >= 11 is 0. The van der Waals surface area contributed by atoms with E-state index in [2.05, 4.69) is 48.0 Å². The maximum absolute atomic E-state index is 13.1. The number of likely N-dealkylation sites (N-methyl/N-ethyl adjacent to an activating group) is 1. The Labute approximate surface area is 361 Å². The molecule has 0 rings (SSSR count). The van der Waals surface area contributed by atoms with Crippen molar-refractivity contribution in [3.05, 3.63) is 24.3 Å². The van der Waals surface area contributed by atoms with Crippen molar-refractivity contribution >= 4 is 25.7 Å². The van der Waals surface area contributed by atoms with Crippen LogP contribution in [0.2, 0.25) is 0 Å². The number of phosphoric acid groups is 1. The minimum Gasteiger partial charge on any atom is -0.466 e. The molecule has 0 aliphatic carbocycles. The topological polar surface area (TPSA) is 148 Å². The summed E-state index contributed by atoms with van der Waals surface area (Å²) in [5.41, 5.74) is 0. The molecule has 0 radical (unpaired) electrons. The van der Waals surface area contributed by atoms with Gasteiger partial charge in [-0.25, -0.2) is 9.36 Å². The first-order valence-corrected chi connectivity index (χ1v) is 25.4. The number of allylic oxidation sites excluding steroid dienone is 4. The first kappa shape index (κ1) is 57.0. The molecule has 0 fully saturated rings. The quantitative estimate of drug-likeness (QED) is 0.0179. The third-order valence-corrected chi connectivity index (χ3v) is 11.1. The molecule has 59 heavy (non-hydrogen) atoms. The maximum Gasteiger partial charge on any atom is 0.469 e. The molecule has 0 aromatic rings. The number of hydrogen-bond acceptors (Lipinski definition) is 7. The van der Waals surface area contributed by atoms with Crippen molar-refractivity contribution in [3.63, 3.8) is 0 Å². The van der Waals surface area contributed by atoms with E-state index in [0.29, 0.717) is 6.61 Å². The Morgan fingerprint density at radius 3 is 1.39 bits per heavy atom. The predicted molar refractivity (Wildman–Crippen MR) is 242 cm³/mol. The van der Waals surface area contributed by atoms with Gasteiger partial charge < -0.3 is 29.1 Å². The van der Waals surface area contributed by atoms with E-state index in [1.54, 1.807) is 14.1 Å². The van der Waals surface area contributed by atoms with E-state index in [9.17, 15) is 18.9 Å². The molecule has 1 amide bonds. The molecule has 0 aromatic carbocycles. The smallest absolute Gasteiger partial charge is 0.466 e. The summed E-state index contributed by atoms with van der Waals surface area (Å²) in [5.74, 6) is -1.44. The summed E-state index contributed by atoms with van der Waals surface area (Å²) in [6, 6.07) is -1.01. The molecule has 346 valence electrons. The summed E-state index contributed by atoms with van der Waals surface area (Å²) in [4.78, 5) is 56.7. The Morgan fingerprint density at radius 1 is 0.576 bits per heavy atom. The second-order valence-corrected chi connectivity index (χ2v) is 18.3. The van der Waals surface area contributed by atoms with Crippen molar-refractivity contribution in [1.82, 2.24) is 5.32 Å². The summed E-state index contributed by atoms with van der Waals surface area (Å²) in [7, 11) is -1.18. The second-order valence-electron chi connectivity index (χ2n) is 17.1. The monoisotopic (exact) mass is 858 g/mol. The third-order valence-electron chi connectivity index (χ3n) is 10.6. The van der Waals surface area contributed by atoms with Gasteiger partial charge in [-0.15, -0.1) is 0 Å². The van der Waals surface area contributed by atoms with Crippen LogP contribution in [0, 0.1) is 0 Å². The van der Waals surface area contributed by atoms with Crippen molar-refractivity contribution in [2.45, 2.75) is 213 Å². The molecular formula is C47H90N2O9P+. The highest BCUT2D eigenvalue weighted by Gasteiger charge is 2.28. The van der Waals surface area contributed by atoms with Gasteiger partial charge in [0.2, 0.25) is 0 Å². The minimum absolute atomic E-state index is 0.0327. The Morgan fingerprint density at radius 2 is 0.966 bits per heavy atom. The molecule has 0 heterocycles. The minimum atomic E-state index is -4.62. The molecule has 0 saturated carbocycles. The Kier molecular flexibility index (Phi) is 38.7. The zero-order valence-corrected chi connectivity index (χ0v) is 39.2. The van der Waals surface area contributed by atoms with Crippen LogP contribution in [0.15, 0.2) is 24.3 Å². The summed E-state index contributed by atoms with van der Waals surface area (Å²) in [6.45, 7) is 4.93. The Hall–Kier alpha value is -2.04. The predicted octanol–water partition coefficient (Wildman–Crippen LogP) is 11.6. The average Bonchev–Trinajstić information content (AvgIpc) is 3.17. The van der Waals surface area contributed by atoms with Crippen LogP contribution in [0.4, 0.5) is 0 Å². The van der Waals surface area contributed by atoms with Gasteiger partial charge in [-0.2, -0.15) is 0 Å².